The molecular formula is C17H26FN3O3S. The maximum atomic E-state index is 13.0. The second-order valence-corrected chi connectivity index (χ2v) is 9.32. The Morgan fingerprint density at radius 2 is 1.72 bits per heavy atom. The van der Waals surface area contributed by atoms with E-state index in [1.165, 1.54) is 16.4 Å². The molecular weight excluding hydrogens is 345 g/mol. The minimum absolute atomic E-state index is 0.0556. The number of sulfonamides is 1. The minimum atomic E-state index is -3.70. The summed E-state index contributed by atoms with van der Waals surface area (Å²) >= 11 is 0. The van der Waals surface area contributed by atoms with Gasteiger partial charge in [0.2, 0.25) is 15.9 Å². The highest BCUT2D eigenvalue weighted by atomic mass is 32.2. The van der Waals surface area contributed by atoms with Gasteiger partial charge < -0.3 is 10.6 Å². The van der Waals surface area contributed by atoms with Crippen LogP contribution < -0.4 is 5.73 Å². The normalized spacial score (nSPS) is 18.7. The number of halogens is 1. The van der Waals surface area contributed by atoms with Gasteiger partial charge in [0.1, 0.15) is 5.82 Å². The highest BCUT2D eigenvalue weighted by Gasteiger charge is 2.33. The summed E-state index contributed by atoms with van der Waals surface area (Å²) in [6.07, 6.45) is 0.531. The molecule has 2 rings (SSSR count). The lowest BCUT2D eigenvalue weighted by atomic mass is 9.86. The van der Waals surface area contributed by atoms with Crippen LogP contribution in [0.2, 0.25) is 0 Å². The number of benzene rings is 1. The van der Waals surface area contributed by atoms with Crippen molar-refractivity contribution in [2.24, 2.45) is 11.1 Å². The first kappa shape index (κ1) is 19.8. The van der Waals surface area contributed by atoms with Crippen molar-refractivity contribution in [2.75, 3.05) is 26.2 Å². The summed E-state index contributed by atoms with van der Waals surface area (Å²) in [6.45, 7) is 6.98. The molecule has 1 heterocycles. The molecule has 1 fully saturated rings. The van der Waals surface area contributed by atoms with E-state index in [9.17, 15) is 17.6 Å². The maximum Gasteiger partial charge on any atom is 0.243 e. The molecule has 1 aliphatic heterocycles. The Hall–Kier alpha value is -1.51. The number of nitrogens with two attached hydrogens (primary N) is 1. The van der Waals surface area contributed by atoms with Crippen LogP contribution in [-0.4, -0.2) is 55.8 Å². The molecule has 8 heteroatoms. The second-order valence-electron chi connectivity index (χ2n) is 7.38. The van der Waals surface area contributed by atoms with Crippen LogP contribution >= 0.6 is 0 Å². The van der Waals surface area contributed by atoms with Crippen molar-refractivity contribution in [1.82, 2.24) is 9.21 Å². The summed E-state index contributed by atoms with van der Waals surface area (Å²) in [4.78, 5) is 14.2. The molecule has 6 nitrogen and oxygen atoms in total. The molecule has 0 radical (unpaired) electrons. The fourth-order valence-corrected chi connectivity index (χ4v) is 4.15. The lowest BCUT2D eigenvalue weighted by molar-refractivity contribution is -0.134. The van der Waals surface area contributed by atoms with Gasteiger partial charge in [-0.1, -0.05) is 20.8 Å². The van der Waals surface area contributed by atoms with E-state index in [1.54, 1.807) is 4.90 Å². The third-order valence-corrected chi connectivity index (χ3v) is 6.33. The van der Waals surface area contributed by atoms with Crippen molar-refractivity contribution < 1.29 is 17.6 Å². The highest BCUT2D eigenvalue weighted by Crippen LogP contribution is 2.21. The number of carbonyl (C=O) groups is 1. The van der Waals surface area contributed by atoms with E-state index >= 15 is 0 Å². The Morgan fingerprint density at radius 3 is 2.28 bits per heavy atom. The Bertz CT molecular complexity index is 714. The van der Waals surface area contributed by atoms with E-state index in [1.807, 2.05) is 20.8 Å². The monoisotopic (exact) mass is 371 g/mol. The van der Waals surface area contributed by atoms with Crippen LogP contribution in [0.4, 0.5) is 4.39 Å². The average Bonchev–Trinajstić information content (AvgIpc) is 2.79. The number of nitrogens with zero attached hydrogens (tertiary/aromatic N) is 2. The first-order valence-electron chi connectivity index (χ1n) is 8.33. The number of carbonyl (C=O) groups excluding carboxylic acids is 1. The Labute approximate surface area is 148 Å². The van der Waals surface area contributed by atoms with E-state index in [2.05, 4.69) is 0 Å². The summed E-state index contributed by atoms with van der Waals surface area (Å²) in [7, 11) is -3.70. The fourth-order valence-electron chi connectivity index (χ4n) is 2.68. The smallest absolute Gasteiger partial charge is 0.243 e. The van der Waals surface area contributed by atoms with Gasteiger partial charge in [-0.25, -0.2) is 12.8 Å². The number of hydrogen-bond acceptors (Lipinski definition) is 4. The average molecular weight is 371 g/mol. The highest BCUT2D eigenvalue weighted by molar-refractivity contribution is 7.89. The number of hydrogen-bond donors (Lipinski definition) is 1. The first-order chi connectivity index (χ1) is 11.5. The predicted molar refractivity (Wildman–Crippen MR) is 93.8 cm³/mol. The summed E-state index contributed by atoms with van der Waals surface area (Å²) in [6, 6.07) is 4.14. The lowest BCUT2D eigenvalue weighted by Crippen LogP contribution is -2.51. The van der Waals surface area contributed by atoms with Gasteiger partial charge in [0.25, 0.3) is 0 Å². The van der Waals surface area contributed by atoms with E-state index in [0.717, 1.165) is 12.1 Å². The molecule has 0 bridgehead atoms. The van der Waals surface area contributed by atoms with Crippen molar-refractivity contribution in [1.29, 1.82) is 0 Å². The topological polar surface area (TPSA) is 83.7 Å². The fraction of sp³-hybridized carbons (Fsp3) is 0.588. The Balaban J connectivity index is 2.11. The minimum Gasteiger partial charge on any atom is -0.340 e. The summed E-state index contributed by atoms with van der Waals surface area (Å²) < 4.78 is 39.8. The molecule has 0 spiro atoms. The SMILES string of the molecule is CC(C)(C)[C@H](N)C(=O)N1CCCN(S(=O)(=O)c2ccc(F)cc2)CC1. The second kappa shape index (κ2) is 7.39. The third-order valence-electron chi connectivity index (χ3n) is 4.42. The molecule has 0 unspecified atom stereocenters. The van der Waals surface area contributed by atoms with E-state index in [4.69, 9.17) is 5.73 Å². The molecule has 0 aliphatic carbocycles. The molecule has 1 aliphatic rings. The zero-order valence-corrected chi connectivity index (χ0v) is 15.7. The first-order valence-corrected chi connectivity index (χ1v) is 9.77. The Morgan fingerprint density at radius 1 is 1.12 bits per heavy atom. The summed E-state index contributed by atoms with van der Waals surface area (Å²) in [5.74, 6) is -0.642. The van der Waals surface area contributed by atoms with Crippen molar-refractivity contribution in [3.05, 3.63) is 30.1 Å². The molecule has 1 amide bonds. The van der Waals surface area contributed by atoms with E-state index < -0.39 is 21.9 Å². The van der Waals surface area contributed by atoms with Gasteiger partial charge in [-0.15, -0.1) is 0 Å². The molecule has 1 aromatic carbocycles. The van der Waals surface area contributed by atoms with E-state index in [0.29, 0.717) is 26.1 Å². The predicted octanol–water partition coefficient (Wildman–Crippen LogP) is 1.42. The molecule has 1 saturated heterocycles. The molecule has 25 heavy (non-hydrogen) atoms. The number of amides is 1. The zero-order chi connectivity index (χ0) is 18.8. The van der Waals surface area contributed by atoms with Crippen LogP contribution in [0.25, 0.3) is 0 Å². The van der Waals surface area contributed by atoms with Crippen LogP contribution in [0.1, 0.15) is 27.2 Å². The molecule has 0 aromatic heterocycles. The van der Waals surface area contributed by atoms with Crippen LogP contribution in [0, 0.1) is 11.2 Å². The molecule has 1 aromatic rings. The zero-order valence-electron chi connectivity index (χ0n) is 14.9. The third kappa shape index (κ3) is 4.56. The van der Waals surface area contributed by atoms with Crippen molar-refractivity contribution in [2.45, 2.75) is 38.1 Å². The van der Waals surface area contributed by atoms with Crippen LogP contribution in [0.3, 0.4) is 0 Å². The van der Waals surface area contributed by atoms with Crippen LogP contribution in [0.5, 0.6) is 0 Å². The van der Waals surface area contributed by atoms with E-state index in [-0.39, 0.29) is 22.8 Å². The van der Waals surface area contributed by atoms with Crippen LogP contribution in [-0.2, 0) is 14.8 Å². The lowest BCUT2D eigenvalue weighted by Gasteiger charge is -2.31. The maximum absolute atomic E-state index is 13.0. The molecule has 2 N–H and O–H groups in total. The largest absolute Gasteiger partial charge is 0.340 e. The van der Waals surface area contributed by atoms with Gasteiger partial charge in [-0.3, -0.25) is 4.79 Å². The number of rotatable bonds is 3. The van der Waals surface area contributed by atoms with Gasteiger partial charge >= 0.3 is 0 Å². The van der Waals surface area contributed by atoms with Gasteiger partial charge in [0, 0.05) is 26.2 Å². The summed E-state index contributed by atoms with van der Waals surface area (Å²) in [5.41, 5.74) is 5.69. The molecule has 1 atom stereocenters. The van der Waals surface area contributed by atoms with Crippen molar-refractivity contribution in [3.8, 4) is 0 Å². The Kier molecular flexibility index (Phi) is 5.86. The van der Waals surface area contributed by atoms with Gasteiger partial charge in [-0.2, -0.15) is 4.31 Å². The van der Waals surface area contributed by atoms with Crippen molar-refractivity contribution >= 4 is 15.9 Å². The van der Waals surface area contributed by atoms with Gasteiger partial charge in [-0.05, 0) is 36.1 Å². The quantitative estimate of drug-likeness (QED) is 0.871. The van der Waals surface area contributed by atoms with Gasteiger partial charge in [0.15, 0.2) is 0 Å². The summed E-state index contributed by atoms with van der Waals surface area (Å²) in [5, 5.41) is 0. The van der Waals surface area contributed by atoms with Gasteiger partial charge in [0.05, 0.1) is 10.9 Å². The standard InChI is InChI=1S/C17H26FN3O3S/c1-17(2,3)15(19)16(22)20-9-4-10-21(12-11-20)25(23,24)14-7-5-13(18)6-8-14/h5-8,15H,4,9-12,19H2,1-3H3/t15-/m1/s1. The molecule has 140 valence electrons. The van der Waals surface area contributed by atoms with Crippen LogP contribution in [0.15, 0.2) is 29.2 Å². The molecule has 0 saturated carbocycles. The van der Waals surface area contributed by atoms with Crippen molar-refractivity contribution in [3.63, 3.8) is 0 Å².